The minimum atomic E-state index is 0.0332. The fourth-order valence-corrected chi connectivity index (χ4v) is 2.28. The average Bonchev–Trinajstić information content (AvgIpc) is 2.47. The van der Waals surface area contributed by atoms with Crippen LogP contribution in [0.1, 0.15) is 34.8 Å². The molecule has 0 amide bonds. The standard InChI is InChI=1S/C17H17BrO2/c1-3-10-20-15-8-5-13(6-9-15)17(19)16-11-14(18)7-4-12(16)2/h4-9,11H,3,10H2,1-2H3. The number of hydrogen-bond donors (Lipinski definition) is 0. The summed E-state index contributed by atoms with van der Waals surface area (Å²) in [6, 6.07) is 13.1. The van der Waals surface area contributed by atoms with E-state index in [4.69, 9.17) is 4.74 Å². The van der Waals surface area contributed by atoms with Crippen LogP contribution in [-0.4, -0.2) is 12.4 Å². The molecule has 0 bridgehead atoms. The number of ether oxygens (including phenoxy) is 1. The second kappa shape index (κ2) is 6.71. The van der Waals surface area contributed by atoms with E-state index in [9.17, 15) is 4.79 Å². The Balaban J connectivity index is 2.22. The van der Waals surface area contributed by atoms with Gasteiger partial charge in [0.25, 0.3) is 0 Å². The molecular formula is C17H17BrO2. The predicted octanol–water partition coefficient (Wildman–Crippen LogP) is 4.78. The van der Waals surface area contributed by atoms with Gasteiger partial charge in [-0.2, -0.15) is 0 Å². The van der Waals surface area contributed by atoms with Gasteiger partial charge in [-0.15, -0.1) is 0 Å². The molecule has 0 aromatic heterocycles. The van der Waals surface area contributed by atoms with Crippen molar-refractivity contribution in [1.82, 2.24) is 0 Å². The second-order valence-electron chi connectivity index (χ2n) is 4.66. The highest BCUT2D eigenvalue weighted by molar-refractivity contribution is 9.10. The van der Waals surface area contributed by atoms with Crippen molar-refractivity contribution in [2.24, 2.45) is 0 Å². The van der Waals surface area contributed by atoms with E-state index in [-0.39, 0.29) is 5.78 Å². The molecule has 0 saturated carbocycles. The maximum absolute atomic E-state index is 12.5. The normalized spacial score (nSPS) is 10.3. The lowest BCUT2D eigenvalue weighted by atomic mass is 9.99. The molecule has 2 aromatic carbocycles. The SMILES string of the molecule is CCCOc1ccc(C(=O)c2cc(Br)ccc2C)cc1. The summed E-state index contributed by atoms with van der Waals surface area (Å²) in [5.74, 6) is 0.834. The Hall–Kier alpha value is -1.61. The molecule has 2 nitrogen and oxygen atoms in total. The molecule has 104 valence electrons. The van der Waals surface area contributed by atoms with Gasteiger partial charge in [0.15, 0.2) is 5.78 Å². The quantitative estimate of drug-likeness (QED) is 0.736. The number of carbonyl (C=O) groups is 1. The molecule has 2 aromatic rings. The number of hydrogen-bond acceptors (Lipinski definition) is 2. The molecule has 0 aliphatic heterocycles. The van der Waals surface area contributed by atoms with E-state index >= 15 is 0 Å². The Morgan fingerprint density at radius 3 is 2.50 bits per heavy atom. The minimum Gasteiger partial charge on any atom is -0.494 e. The Labute approximate surface area is 127 Å². The molecule has 0 fully saturated rings. The summed E-state index contributed by atoms with van der Waals surface area (Å²) in [6.07, 6.45) is 0.970. The maximum Gasteiger partial charge on any atom is 0.193 e. The molecule has 0 spiro atoms. The van der Waals surface area contributed by atoms with Crippen molar-refractivity contribution in [1.29, 1.82) is 0 Å². The van der Waals surface area contributed by atoms with Crippen LogP contribution in [0.15, 0.2) is 46.9 Å². The van der Waals surface area contributed by atoms with Crippen molar-refractivity contribution in [3.05, 3.63) is 63.6 Å². The first-order chi connectivity index (χ1) is 9.61. The summed E-state index contributed by atoms with van der Waals surface area (Å²) in [5.41, 5.74) is 2.38. The van der Waals surface area contributed by atoms with E-state index in [0.717, 1.165) is 27.8 Å². The highest BCUT2D eigenvalue weighted by Crippen LogP contribution is 2.21. The van der Waals surface area contributed by atoms with Crippen LogP contribution in [0.4, 0.5) is 0 Å². The van der Waals surface area contributed by atoms with E-state index < -0.39 is 0 Å². The number of aryl methyl sites for hydroxylation is 1. The smallest absolute Gasteiger partial charge is 0.193 e. The number of rotatable bonds is 5. The van der Waals surface area contributed by atoms with Crippen molar-refractivity contribution in [3.63, 3.8) is 0 Å². The predicted molar refractivity (Wildman–Crippen MR) is 84.5 cm³/mol. The van der Waals surface area contributed by atoms with Crippen LogP contribution in [0.3, 0.4) is 0 Å². The molecule has 0 radical (unpaired) electrons. The van der Waals surface area contributed by atoms with Gasteiger partial charge in [0.2, 0.25) is 0 Å². The van der Waals surface area contributed by atoms with E-state index in [2.05, 4.69) is 22.9 Å². The van der Waals surface area contributed by atoms with Crippen molar-refractivity contribution in [2.45, 2.75) is 20.3 Å². The molecule has 2 rings (SSSR count). The van der Waals surface area contributed by atoms with Crippen LogP contribution in [-0.2, 0) is 0 Å². The molecule has 3 heteroatoms. The lowest BCUT2D eigenvalue weighted by Crippen LogP contribution is -2.04. The fourth-order valence-electron chi connectivity index (χ4n) is 1.92. The first-order valence-corrected chi connectivity index (χ1v) is 7.45. The Kier molecular flexibility index (Phi) is 4.96. The van der Waals surface area contributed by atoms with Gasteiger partial charge in [0.05, 0.1) is 6.61 Å². The summed E-state index contributed by atoms with van der Waals surface area (Å²) in [7, 11) is 0. The zero-order chi connectivity index (χ0) is 14.5. The van der Waals surface area contributed by atoms with Crippen LogP contribution in [0, 0.1) is 6.92 Å². The van der Waals surface area contributed by atoms with Gasteiger partial charge in [0, 0.05) is 15.6 Å². The highest BCUT2D eigenvalue weighted by Gasteiger charge is 2.12. The molecule has 0 unspecified atom stereocenters. The summed E-state index contributed by atoms with van der Waals surface area (Å²) >= 11 is 3.40. The topological polar surface area (TPSA) is 26.3 Å². The highest BCUT2D eigenvalue weighted by atomic mass is 79.9. The summed E-state index contributed by atoms with van der Waals surface area (Å²) in [6.45, 7) is 4.70. The number of ketones is 1. The number of halogens is 1. The third kappa shape index (κ3) is 3.48. The van der Waals surface area contributed by atoms with Gasteiger partial charge in [-0.25, -0.2) is 0 Å². The molecule has 0 atom stereocenters. The largest absolute Gasteiger partial charge is 0.494 e. The van der Waals surface area contributed by atoms with Crippen LogP contribution >= 0.6 is 15.9 Å². The third-order valence-corrected chi connectivity index (χ3v) is 3.53. The summed E-state index contributed by atoms with van der Waals surface area (Å²) in [4.78, 5) is 12.5. The van der Waals surface area contributed by atoms with Gasteiger partial charge in [-0.3, -0.25) is 4.79 Å². The lowest BCUT2D eigenvalue weighted by molar-refractivity contribution is 0.103. The Morgan fingerprint density at radius 2 is 1.85 bits per heavy atom. The average molecular weight is 333 g/mol. The van der Waals surface area contributed by atoms with Crippen molar-refractivity contribution >= 4 is 21.7 Å². The van der Waals surface area contributed by atoms with Gasteiger partial charge in [-0.05, 0) is 55.3 Å². The number of benzene rings is 2. The maximum atomic E-state index is 12.5. The van der Waals surface area contributed by atoms with Crippen LogP contribution < -0.4 is 4.74 Å². The zero-order valence-corrected chi connectivity index (χ0v) is 13.2. The second-order valence-corrected chi connectivity index (χ2v) is 5.58. The molecular weight excluding hydrogens is 316 g/mol. The van der Waals surface area contributed by atoms with E-state index in [1.54, 1.807) is 0 Å². The van der Waals surface area contributed by atoms with Crippen molar-refractivity contribution < 1.29 is 9.53 Å². The van der Waals surface area contributed by atoms with Gasteiger partial charge in [-0.1, -0.05) is 28.9 Å². The monoisotopic (exact) mass is 332 g/mol. The minimum absolute atomic E-state index is 0.0332. The summed E-state index contributed by atoms with van der Waals surface area (Å²) < 4.78 is 6.43. The van der Waals surface area contributed by atoms with E-state index in [1.807, 2.05) is 49.4 Å². The summed E-state index contributed by atoms with van der Waals surface area (Å²) in [5, 5.41) is 0. The van der Waals surface area contributed by atoms with Gasteiger partial charge >= 0.3 is 0 Å². The van der Waals surface area contributed by atoms with Crippen molar-refractivity contribution in [2.75, 3.05) is 6.61 Å². The molecule has 0 saturated heterocycles. The first kappa shape index (κ1) is 14.8. The Morgan fingerprint density at radius 1 is 1.15 bits per heavy atom. The first-order valence-electron chi connectivity index (χ1n) is 6.65. The molecule has 0 aliphatic rings. The van der Waals surface area contributed by atoms with E-state index in [0.29, 0.717) is 12.2 Å². The van der Waals surface area contributed by atoms with Crippen molar-refractivity contribution in [3.8, 4) is 5.75 Å². The molecule has 0 N–H and O–H groups in total. The van der Waals surface area contributed by atoms with Gasteiger partial charge < -0.3 is 4.74 Å². The van der Waals surface area contributed by atoms with Crippen LogP contribution in [0.2, 0.25) is 0 Å². The Bertz CT molecular complexity index is 603. The van der Waals surface area contributed by atoms with Crippen LogP contribution in [0.5, 0.6) is 5.75 Å². The van der Waals surface area contributed by atoms with E-state index in [1.165, 1.54) is 0 Å². The molecule has 0 aliphatic carbocycles. The zero-order valence-electron chi connectivity index (χ0n) is 11.7. The lowest BCUT2D eigenvalue weighted by Gasteiger charge is -2.08. The van der Waals surface area contributed by atoms with Gasteiger partial charge in [0.1, 0.15) is 5.75 Å². The number of carbonyl (C=O) groups excluding carboxylic acids is 1. The molecule has 20 heavy (non-hydrogen) atoms. The molecule has 0 heterocycles. The third-order valence-electron chi connectivity index (χ3n) is 3.03. The van der Waals surface area contributed by atoms with Crippen LogP contribution in [0.25, 0.3) is 0 Å². The fraction of sp³-hybridized carbons (Fsp3) is 0.235.